The molecular formula is C31H39N7O3. The van der Waals surface area contributed by atoms with Crippen molar-refractivity contribution in [3.63, 3.8) is 0 Å². The number of unbranched alkanes of at least 4 members (excludes halogenated alkanes) is 1. The number of aryl methyl sites for hydroxylation is 1. The van der Waals surface area contributed by atoms with E-state index in [0.717, 1.165) is 79.3 Å². The quantitative estimate of drug-likeness (QED) is 0.263. The summed E-state index contributed by atoms with van der Waals surface area (Å²) in [5, 5.41) is 24.5. The molecule has 216 valence electrons. The predicted octanol–water partition coefficient (Wildman–Crippen LogP) is 5.52. The summed E-state index contributed by atoms with van der Waals surface area (Å²) in [5.41, 5.74) is 4.58. The van der Waals surface area contributed by atoms with Crippen molar-refractivity contribution in [3.05, 3.63) is 70.7 Å². The van der Waals surface area contributed by atoms with E-state index in [2.05, 4.69) is 39.5 Å². The minimum atomic E-state index is -0.802. The molecule has 10 nitrogen and oxygen atoms in total. The Hall–Kier alpha value is -4.08. The van der Waals surface area contributed by atoms with Crippen molar-refractivity contribution in [2.75, 3.05) is 0 Å². The number of aliphatic carboxylic acids is 1. The summed E-state index contributed by atoms with van der Waals surface area (Å²) in [6.07, 6.45) is 13.6. The van der Waals surface area contributed by atoms with Gasteiger partial charge < -0.3 is 5.11 Å². The number of hydrogen-bond donors (Lipinski definition) is 2. The van der Waals surface area contributed by atoms with Crippen LogP contribution in [0.1, 0.15) is 82.5 Å². The van der Waals surface area contributed by atoms with Gasteiger partial charge in [-0.15, -0.1) is 10.2 Å². The maximum Gasteiger partial charge on any atom is 0.328 e. The smallest absolute Gasteiger partial charge is 0.328 e. The van der Waals surface area contributed by atoms with Gasteiger partial charge >= 0.3 is 11.7 Å². The molecule has 1 aliphatic rings. The van der Waals surface area contributed by atoms with E-state index in [1.807, 2.05) is 47.3 Å². The first-order valence-electron chi connectivity index (χ1n) is 14.8. The molecule has 0 aliphatic heterocycles. The molecule has 3 heterocycles. The molecule has 1 saturated carbocycles. The van der Waals surface area contributed by atoms with Gasteiger partial charge in [-0.2, -0.15) is 5.21 Å². The molecule has 2 N–H and O–H groups in total. The molecule has 3 unspecified atom stereocenters. The van der Waals surface area contributed by atoms with E-state index in [9.17, 15) is 14.7 Å². The van der Waals surface area contributed by atoms with Crippen LogP contribution < -0.4 is 5.69 Å². The van der Waals surface area contributed by atoms with Crippen LogP contribution in [0, 0.1) is 11.8 Å². The van der Waals surface area contributed by atoms with Crippen LogP contribution in [0.3, 0.4) is 0 Å². The fraction of sp³-hybridized carbons (Fsp3) is 0.484. The molecule has 0 spiro atoms. The molecule has 4 aromatic rings. The van der Waals surface area contributed by atoms with Crippen molar-refractivity contribution in [2.24, 2.45) is 11.8 Å². The van der Waals surface area contributed by atoms with Gasteiger partial charge in [-0.05, 0) is 59.6 Å². The van der Waals surface area contributed by atoms with Crippen molar-refractivity contribution in [1.29, 1.82) is 0 Å². The highest BCUT2D eigenvalue weighted by Crippen LogP contribution is 2.38. The molecule has 3 atom stereocenters. The third kappa shape index (κ3) is 6.16. The van der Waals surface area contributed by atoms with Crippen LogP contribution in [0.15, 0.2) is 53.7 Å². The lowest BCUT2D eigenvalue weighted by Crippen LogP contribution is -2.38. The van der Waals surface area contributed by atoms with Gasteiger partial charge in [0, 0.05) is 29.8 Å². The lowest BCUT2D eigenvalue weighted by Gasteiger charge is -2.33. The summed E-state index contributed by atoms with van der Waals surface area (Å²) in [6, 6.07) is 9.53. The maximum atomic E-state index is 14.2. The third-order valence-electron chi connectivity index (χ3n) is 8.55. The molecule has 1 aliphatic carbocycles. The topological polar surface area (TPSA) is 132 Å². The summed E-state index contributed by atoms with van der Waals surface area (Å²) in [4.78, 5) is 31.1. The zero-order valence-corrected chi connectivity index (χ0v) is 23.9. The van der Waals surface area contributed by atoms with Crippen LogP contribution in [0.5, 0.6) is 0 Å². The van der Waals surface area contributed by atoms with Crippen LogP contribution in [-0.4, -0.2) is 45.8 Å². The molecule has 0 radical (unpaired) electrons. The molecule has 10 heteroatoms. The Morgan fingerprint density at radius 2 is 1.85 bits per heavy atom. The Balaban J connectivity index is 1.54. The number of imidazole rings is 1. The van der Waals surface area contributed by atoms with E-state index in [0.29, 0.717) is 18.8 Å². The molecule has 3 aromatic heterocycles. The van der Waals surface area contributed by atoms with Crippen LogP contribution in [-0.2, 0) is 17.8 Å². The van der Waals surface area contributed by atoms with E-state index < -0.39 is 11.9 Å². The summed E-state index contributed by atoms with van der Waals surface area (Å²) in [6.45, 7) is 4.62. The maximum absolute atomic E-state index is 14.2. The van der Waals surface area contributed by atoms with Gasteiger partial charge in [0.15, 0.2) is 0 Å². The molecule has 0 saturated heterocycles. The summed E-state index contributed by atoms with van der Waals surface area (Å²) < 4.78 is 3.62. The monoisotopic (exact) mass is 557 g/mol. The average Bonchev–Trinajstić information content (AvgIpc) is 3.61. The van der Waals surface area contributed by atoms with Gasteiger partial charge in [0.05, 0.1) is 18.5 Å². The lowest BCUT2D eigenvalue weighted by atomic mass is 9.78. The zero-order valence-electron chi connectivity index (χ0n) is 23.9. The fourth-order valence-corrected chi connectivity index (χ4v) is 6.33. The molecule has 0 bridgehead atoms. The Kier molecular flexibility index (Phi) is 9.06. The highest BCUT2D eigenvalue weighted by atomic mass is 16.4. The number of carbonyl (C=O) groups is 1. The van der Waals surface area contributed by atoms with Crippen LogP contribution in [0.4, 0.5) is 0 Å². The number of tetrazole rings is 1. The highest BCUT2D eigenvalue weighted by molar-refractivity contribution is 5.71. The van der Waals surface area contributed by atoms with E-state index >= 15 is 0 Å². The Morgan fingerprint density at radius 3 is 2.56 bits per heavy atom. The van der Waals surface area contributed by atoms with Gasteiger partial charge in [-0.1, -0.05) is 70.2 Å². The predicted molar refractivity (Wildman–Crippen MR) is 156 cm³/mol. The lowest BCUT2D eigenvalue weighted by molar-refractivity contribution is -0.144. The molecule has 1 aromatic carbocycles. The zero-order chi connectivity index (χ0) is 28.8. The third-order valence-corrected chi connectivity index (χ3v) is 8.55. The average molecular weight is 558 g/mol. The van der Waals surface area contributed by atoms with E-state index in [4.69, 9.17) is 0 Å². The number of aromatic nitrogens is 7. The van der Waals surface area contributed by atoms with Gasteiger partial charge in [-0.25, -0.2) is 4.79 Å². The van der Waals surface area contributed by atoms with Crippen LogP contribution in [0.25, 0.3) is 22.5 Å². The summed E-state index contributed by atoms with van der Waals surface area (Å²) >= 11 is 0. The highest BCUT2D eigenvalue weighted by Gasteiger charge is 2.37. The minimum absolute atomic E-state index is 0.131. The Bertz CT molecular complexity index is 1490. The number of H-pyrrole nitrogens is 1. The van der Waals surface area contributed by atoms with E-state index in [-0.39, 0.29) is 17.6 Å². The Morgan fingerprint density at radius 1 is 1.07 bits per heavy atom. The van der Waals surface area contributed by atoms with Crippen LogP contribution in [0.2, 0.25) is 0 Å². The number of nitrogens with one attached hydrogen (secondary N) is 1. The van der Waals surface area contributed by atoms with E-state index in [1.165, 1.54) is 0 Å². The number of benzene rings is 1. The van der Waals surface area contributed by atoms with Gasteiger partial charge in [0.1, 0.15) is 0 Å². The number of aromatic amines is 1. The normalized spacial score (nSPS) is 19.5. The van der Waals surface area contributed by atoms with Crippen molar-refractivity contribution in [3.8, 4) is 22.5 Å². The number of nitrogens with zero attached hydrogens (tertiary/aromatic N) is 6. The summed E-state index contributed by atoms with van der Waals surface area (Å²) in [7, 11) is 0. The van der Waals surface area contributed by atoms with Crippen molar-refractivity contribution in [1.82, 2.24) is 34.7 Å². The first kappa shape index (κ1) is 28.4. The largest absolute Gasteiger partial charge is 0.481 e. The van der Waals surface area contributed by atoms with Crippen LogP contribution >= 0.6 is 0 Å². The van der Waals surface area contributed by atoms with Gasteiger partial charge in [0.25, 0.3) is 0 Å². The number of pyridine rings is 1. The van der Waals surface area contributed by atoms with Gasteiger partial charge in [0.2, 0.25) is 5.82 Å². The molecule has 41 heavy (non-hydrogen) atoms. The standard InChI is InChI=1S/C31H39N7O3/c1-3-5-10-25-20-38(28-21(4-2)9-7-6-8-11-27(28)30(39)40)31(41)37(25)19-24-18-32-17-16-26(24)22-12-14-23(15-13-22)29-33-35-36-34-29/h12-18,20-21,27-28H,3-11,19H2,1-2H3,(H,39,40)(H,33,34,35,36). The first-order valence-corrected chi connectivity index (χ1v) is 14.8. The number of carboxylic acid groups (broad SMARTS) is 1. The van der Waals surface area contributed by atoms with Crippen molar-refractivity contribution < 1.29 is 9.90 Å². The second-order valence-electron chi connectivity index (χ2n) is 11.1. The molecular weight excluding hydrogens is 518 g/mol. The van der Waals surface area contributed by atoms with Crippen molar-refractivity contribution >= 4 is 5.97 Å². The molecule has 1 fully saturated rings. The van der Waals surface area contributed by atoms with Gasteiger partial charge in [-0.3, -0.25) is 18.9 Å². The first-order chi connectivity index (χ1) is 20.0. The minimum Gasteiger partial charge on any atom is -0.481 e. The number of hydrogen-bond acceptors (Lipinski definition) is 6. The SMILES string of the molecule is CCCCc1cn(C2C(CC)CCCCCC2C(=O)O)c(=O)n1Cc1cnccc1-c1ccc(-c2nn[nH]n2)cc1. The Labute approximate surface area is 239 Å². The van der Waals surface area contributed by atoms with E-state index in [1.54, 1.807) is 10.8 Å². The number of carboxylic acids is 1. The molecule has 5 rings (SSSR count). The second kappa shape index (κ2) is 13.1. The molecule has 0 amide bonds. The fourth-order valence-electron chi connectivity index (χ4n) is 6.33. The summed E-state index contributed by atoms with van der Waals surface area (Å²) in [5.74, 6) is -0.696. The second-order valence-corrected chi connectivity index (χ2v) is 11.1. The van der Waals surface area contributed by atoms with Crippen molar-refractivity contribution in [2.45, 2.75) is 84.2 Å². The number of rotatable bonds is 10.